The topological polar surface area (TPSA) is 69.7 Å². The lowest BCUT2D eigenvalue weighted by molar-refractivity contribution is -0.127. The zero-order valence-corrected chi connectivity index (χ0v) is 17.4. The molecule has 0 radical (unpaired) electrons. The molecule has 2 aliphatic rings. The summed E-state index contributed by atoms with van der Waals surface area (Å²) in [6, 6.07) is 16.6. The standard InChI is InChI=1S/C22H27N3O3S/c1-17-7-11-20(12-8-17)29(27,28)25-15-13-24(14-16-25)21(18-5-3-2-4-6-18)22(26)23-19-9-10-19/h2-8,11-12,19,21H,9-10,13-16H2,1H3,(H,23,26). The van der Waals surface area contributed by atoms with Gasteiger partial charge in [0.25, 0.3) is 0 Å². The van der Waals surface area contributed by atoms with Gasteiger partial charge in [-0.05, 0) is 37.5 Å². The van der Waals surface area contributed by atoms with Crippen molar-refractivity contribution in [3.05, 3.63) is 65.7 Å². The van der Waals surface area contributed by atoms with E-state index >= 15 is 0 Å². The third-order valence-corrected chi connectivity index (χ3v) is 7.50. The Bertz CT molecular complexity index is 949. The molecular formula is C22H27N3O3S. The minimum Gasteiger partial charge on any atom is -0.352 e. The molecule has 1 unspecified atom stereocenters. The Kier molecular flexibility index (Phi) is 5.72. The van der Waals surface area contributed by atoms with Crippen molar-refractivity contribution in [3.63, 3.8) is 0 Å². The van der Waals surface area contributed by atoms with Crippen molar-refractivity contribution < 1.29 is 13.2 Å². The van der Waals surface area contributed by atoms with E-state index in [0.717, 1.165) is 24.0 Å². The number of hydrogen-bond donors (Lipinski definition) is 1. The summed E-state index contributed by atoms with van der Waals surface area (Å²) in [5.41, 5.74) is 1.97. The molecule has 29 heavy (non-hydrogen) atoms. The number of nitrogens with one attached hydrogen (secondary N) is 1. The highest BCUT2D eigenvalue weighted by Crippen LogP contribution is 2.27. The third-order valence-electron chi connectivity index (χ3n) is 5.58. The summed E-state index contributed by atoms with van der Waals surface area (Å²) >= 11 is 0. The fourth-order valence-electron chi connectivity index (χ4n) is 3.73. The molecule has 1 heterocycles. The fraction of sp³-hybridized carbons (Fsp3) is 0.409. The van der Waals surface area contributed by atoms with Crippen LogP contribution in [0.2, 0.25) is 0 Å². The van der Waals surface area contributed by atoms with E-state index in [1.165, 1.54) is 4.31 Å². The summed E-state index contributed by atoms with van der Waals surface area (Å²) in [6.07, 6.45) is 2.08. The lowest BCUT2D eigenvalue weighted by atomic mass is 10.0. The Hall–Kier alpha value is -2.22. The average molecular weight is 414 g/mol. The fourth-order valence-corrected chi connectivity index (χ4v) is 5.15. The molecular weight excluding hydrogens is 386 g/mol. The number of nitrogens with zero attached hydrogens (tertiary/aromatic N) is 2. The smallest absolute Gasteiger partial charge is 0.243 e. The zero-order valence-electron chi connectivity index (χ0n) is 16.6. The molecule has 2 aromatic rings. The predicted molar refractivity (Wildman–Crippen MR) is 112 cm³/mol. The van der Waals surface area contributed by atoms with Gasteiger partial charge in [-0.25, -0.2) is 8.42 Å². The van der Waals surface area contributed by atoms with Gasteiger partial charge in [0.15, 0.2) is 0 Å². The van der Waals surface area contributed by atoms with Crippen LogP contribution in [0, 0.1) is 6.92 Å². The maximum absolute atomic E-state index is 13.0. The quantitative estimate of drug-likeness (QED) is 0.789. The normalized spacial score (nSPS) is 19.6. The first kappa shape index (κ1) is 20.1. The van der Waals surface area contributed by atoms with Gasteiger partial charge in [-0.3, -0.25) is 9.69 Å². The molecule has 2 aromatic carbocycles. The molecule has 1 saturated carbocycles. The number of rotatable bonds is 6. The highest BCUT2D eigenvalue weighted by molar-refractivity contribution is 7.89. The van der Waals surface area contributed by atoms with Gasteiger partial charge in [-0.2, -0.15) is 4.31 Å². The Morgan fingerprint density at radius 2 is 1.59 bits per heavy atom. The van der Waals surface area contributed by atoms with Crippen molar-refractivity contribution in [2.24, 2.45) is 0 Å². The van der Waals surface area contributed by atoms with E-state index < -0.39 is 10.0 Å². The Morgan fingerprint density at radius 1 is 0.966 bits per heavy atom. The minimum absolute atomic E-state index is 0.00791. The Balaban J connectivity index is 1.48. The van der Waals surface area contributed by atoms with Crippen LogP contribution in [0.25, 0.3) is 0 Å². The van der Waals surface area contributed by atoms with Gasteiger partial charge in [-0.15, -0.1) is 0 Å². The zero-order chi connectivity index (χ0) is 20.4. The molecule has 7 heteroatoms. The van der Waals surface area contributed by atoms with Crippen molar-refractivity contribution in [3.8, 4) is 0 Å². The molecule has 1 N–H and O–H groups in total. The van der Waals surface area contributed by atoms with Crippen molar-refractivity contribution in [1.82, 2.24) is 14.5 Å². The lowest BCUT2D eigenvalue weighted by Gasteiger charge is -2.38. The van der Waals surface area contributed by atoms with Gasteiger partial charge >= 0.3 is 0 Å². The second kappa shape index (κ2) is 8.26. The molecule has 1 aliphatic heterocycles. The maximum Gasteiger partial charge on any atom is 0.243 e. The van der Waals surface area contributed by atoms with Gasteiger partial charge in [-0.1, -0.05) is 48.0 Å². The van der Waals surface area contributed by atoms with E-state index in [4.69, 9.17) is 0 Å². The molecule has 0 spiro atoms. The van der Waals surface area contributed by atoms with E-state index in [1.807, 2.05) is 49.4 Å². The van der Waals surface area contributed by atoms with Crippen molar-refractivity contribution in [2.45, 2.75) is 36.7 Å². The number of hydrogen-bond acceptors (Lipinski definition) is 4. The number of aryl methyl sites for hydroxylation is 1. The SMILES string of the molecule is Cc1ccc(S(=O)(=O)N2CCN(C(C(=O)NC3CC3)c3ccccc3)CC2)cc1. The van der Waals surface area contributed by atoms with Crippen LogP contribution in [0.5, 0.6) is 0 Å². The maximum atomic E-state index is 13.0. The van der Waals surface area contributed by atoms with E-state index in [1.54, 1.807) is 12.1 Å². The van der Waals surface area contributed by atoms with Crippen LogP contribution in [0.4, 0.5) is 0 Å². The first-order valence-corrected chi connectivity index (χ1v) is 11.6. The number of amides is 1. The van der Waals surface area contributed by atoms with Crippen LogP contribution in [-0.4, -0.2) is 55.8 Å². The summed E-state index contributed by atoms with van der Waals surface area (Å²) < 4.78 is 27.4. The average Bonchev–Trinajstić information content (AvgIpc) is 3.54. The predicted octanol–water partition coefficient (Wildman–Crippen LogP) is 2.32. The summed E-state index contributed by atoms with van der Waals surface area (Å²) in [6.45, 7) is 3.71. The summed E-state index contributed by atoms with van der Waals surface area (Å²) in [5, 5.41) is 3.11. The molecule has 1 aliphatic carbocycles. The van der Waals surface area contributed by atoms with Gasteiger partial charge < -0.3 is 5.32 Å². The van der Waals surface area contributed by atoms with Gasteiger partial charge in [0, 0.05) is 32.2 Å². The lowest BCUT2D eigenvalue weighted by Crippen LogP contribution is -2.52. The molecule has 1 atom stereocenters. The molecule has 154 valence electrons. The second-order valence-corrected chi connectivity index (χ2v) is 9.79. The summed E-state index contributed by atoms with van der Waals surface area (Å²) in [7, 11) is -3.52. The van der Waals surface area contributed by atoms with Crippen LogP contribution in [-0.2, 0) is 14.8 Å². The molecule has 6 nitrogen and oxygen atoms in total. The Labute approximate surface area is 172 Å². The highest BCUT2D eigenvalue weighted by Gasteiger charge is 2.36. The van der Waals surface area contributed by atoms with Crippen LogP contribution in [0.15, 0.2) is 59.5 Å². The molecule has 4 rings (SSSR count). The molecule has 0 aromatic heterocycles. The van der Waals surface area contributed by atoms with E-state index in [0.29, 0.717) is 31.1 Å². The number of carbonyl (C=O) groups is 1. The second-order valence-electron chi connectivity index (χ2n) is 7.85. The van der Waals surface area contributed by atoms with Crippen molar-refractivity contribution in [2.75, 3.05) is 26.2 Å². The van der Waals surface area contributed by atoms with Gasteiger partial charge in [0.05, 0.1) is 4.90 Å². The number of sulfonamides is 1. The number of carbonyl (C=O) groups excluding carboxylic acids is 1. The summed E-state index contributed by atoms with van der Waals surface area (Å²) in [5.74, 6) is 0.00791. The van der Waals surface area contributed by atoms with Gasteiger partial charge in [0.1, 0.15) is 6.04 Å². The first-order valence-electron chi connectivity index (χ1n) is 10.1. The van der Waals surface area contributed by atoms with E-state index in [-0.39, 0.29) is 18.0 Å². The van der Waals surface area contributed by atoms with E-state index in [2.05, 4.69) is 10.2 Å². The monoisotopic (exact) mass is 413 g/mol. The largest absolute Gasteiger partial charge is 0.352 e. The number of benzene rings is 2. The Morgan fingerprint density at radius 3 is 2.17 bits per heavy atom. The summed E-state index contributed by atoms with van der Waals surface area (Å²) in [4.78, 5) is 15.4. The first-order chi connectivity index (χ1) is 13.9. The van der Waals surface area contributed by atoms with Crippen LogP contribution in [0.3, 0.4) is 0 Å². The van der Waals surface area contributed by atoms with E-state index in [9.17, 15) is 13.2 Å². The van der Waals surface area contributed by atoms with Crippen LogP contribution in [0.1, 0.15) is 30.0 Å². The highest BCUT2D eigenvalue weighted by atomic mass is 32.2. The molecule has 2 fully saturated rings. The minimum atomic E-state index is -3.52. The molecule has 0 bridgehead atoms. The third kappa shape index (κ3) is 4.52. The van der Waals surface area contributed by atoms with Crippen molar-refractivity contribution >= 4 is 15.9 Å². The van der Waals surface area contributed by atoms with Crippen molar-refractivity contribution in [1.29, 1.82) is 0 Å². The molecule has 1 amide bonds. The van der Waals surface area contributed by atoms with Crippen LogP contribution >= 0.6 is 0 Å². The molecule has 1 saturated heterocycles. The van der Waals surface area contributed by atoms with Crippen LogP contribution < -0.4 is 5.32 Å². The van der Waals surface area contributed by atoms with Gasteiger partial charge in [0.2, 0.25) is 15.9 Å². The number of piperazine rings is 1.